The molecule has 0 aromatic carbocycles. The van der Waals surface area contributed by atoms with Crippen molar-refractivity contribution in [1.29, 1.82) is 0 Å². The number of nitrogens with one attached hydrogen (secondary N) is 1. The number of aliphatic carboxylic acids is 1. The minimum Gasteiger partial charge on any atom is -1.00 e. The van der Waals surface area contributed by atoms with Crippen LogP contribution in [0.4, 0.5) is 0 Å². The van der Waals surface area contributed by atoms with Crippen molar-refractivity contribution in [2.24, 2.45) is 5.92 Å². The van der Waals surface area contributed by atoms with Gasteiger partial charge in [0, 0.05) is 6.54 Å². The van der Waals surface area contributed by atoms with Gasteiger partial charge in [0.25, 0.3) is 0 Å². The Morgan fingerprint density at radius 1 is 1.67 bits per heavy atom. The summed E-state index contributed by atoms with van der Waals surface area (Å²) >= 11 is 0. The van der Waals surface area contributed by atoms with E-state index in [1.807, 2.05) is 0 Å². The fourth-order valence-corrected chi connectivity index (χ4v) is 2.65. The number of carbonyl (C=O) groups excluding carboxylic acids is 1. The van der Waals surface area contributed by atoms with Gasteiger partial charge in [-0.25, -0.2) is 4.79 Å². The first-order valence-corrected chi connectivity index (χ1v) is 4.70. The predicted molar refractivity (Wildman–Crippen MR) is 47.4 cm³/mol. The zero-order chi connectivity index (χ0) is 9.87. The average Bonchev–Trinajstić information content (AvgIpc) is 2.56. The monoisotopic (exact) mass is 218 g/mol. The summed E-state index contributed by atoms with van der Waals surface area (Å²) in [5, 5.41) is 12.0. The standard InChI is InChI=1S/C9H10N2O3.Na.H/c12-8-6-7-4(3-10-6)1-2-5(9(13)14)11(7)8;;/h2,4,6-7,10H,1,3H2,(H,13,14);;/q;+1;-1. The van der Waals surface area contributed by atoms with E-state index < -0.39 is 5.97 Å². The number of nitrogens with zero attached hydrogens (tertiary/aromatic N) is 1. The zero-order valence-electron chi connectivity index (χ0n) is 9.43. The Morgan fingerprint density at radius 3 is 3.07 bits per heavy atom. The van der Waals surface area contributed by atoms with Gasteiger partial charge in [-0.15, -0.1) is 0 Å². The first-order chi connectivity index (χ1) is 6.70. The second-order valence-corrected chi connectivity index (χ2v) is 3.98. The van der Waals surface area contributed by atoms with Gasteiger partial charge >= 0.3 is 35.5 Å². The van der Waals surface area contributed by atoms with Gasteiger partial charge in [-0.2, -0.15) is 0 Å². The number of β-lactam (4-membered cyclic amide) rings is 1. The molecule has 0 aliphatic carbocycles. The molecular formula is C9H11N2NaO3. The molecule has 6 heteroatoms. The molecule has 2 fully saturated rings. The Morgan fingerprint density at radius 2 is 2.40 bits per heavy atom. The molecule has 3 rings (SSSR count). The van der Waals surface area contributed by atoms with Crippen LogP contribution < -0.4 is 34.9 Å². The molecular weight excluding hydrogens is 207 g/mol. The molecule has 0 bridgehead atoms. The van der Waals surface area contributed by atoms with Crippen LogP contribution in [0.15, 0.2) is 11.8 Å². The van der Waals surface area contributed by atoms with Crippen LogP contribution in [-0.2, 0) is 9.59 Å². The number of rotatable bonds is 1. The summed E-state index contributed by atoms with van der Waals surface area (Å²) in [5.74, 6) is -0.686. The van der Waals surface area contributed by atoms with E-state index in [1.165, 1.54) is 4.90 Å². The van der Waals surface area contributed by atoms with Crippen molar-refractivity contribution in [3.63, 3.8) is 0 Å². The van der Waals surface area contributed by atoms with Crippen molar-refractivity contribution < 1.29 is 45.7 Å². The molecule has 2 N–H and O–H groups in total. The molecule has 0 saturated carbocycles. The molecule has 5 nitrogen and oxygen atoms in total. The SMILES string of the molecule is O=C(O)C1=CCC2CNC3C(=O)N1C23.[H-].[Na+]. The molecule has 76 valence electrons. The smallest absolute Gasteiger partial charge is 1.00 e. The predicted octanol–water partition coefficient (Wildman–Crippen LogP) is -3.73. The Balaban J connectivity index is 0.000000640. The molecule has 0 aromatic rings. The third kappa shape index (κ3) is 1.30. The Kier molecular flexibility index (Phi) is 2.66. The van der Waals surface area contributed by atoms with Crippen LogP contribution in [0.25, 0.3) is 0 Å². The molecule has 3 unspecified atom stereocenters. The van der Waals surface area contributed by atoms with Gasteiger partial charge in [0.15, 0.2) is 0 Å². The van der Waals surface area contributed by atoms with E-state index in [2.05, 4.69) is 5.32 Å². The van der Waals surface area contributed by atoms with Crippen LogP contribution in [-0.4, -0.2) is 40.5 Å². The van der Waals surface area contributed by atoms with Gasteiger partial charge in [-0.1, -0.05) is 6.08 Å². The Hall–Kier alpha value is -0.360. The van der Waals surface area contributed by atoms with Gasteiger partial charge in [-0.05, 0) is 12.3 Å². The molecule has 3 aliphatic heterocycles. The number of allylic oxidation sites excluding steroid dienone is 1. The fraction of sp³-hybridized carbons (Fsp3) is 0.556. The summed E-state index contributed by atoms with van der Waals surface area (Å²) in [6.07, 6.45) is 2.42. The summed E-state index contributed by atoms with van der Waals surface area (Å²) in [4.78, 5) is 23.8. The topological polar surface area (TPSA) is 69.6 Å². The second kappa shape index (κ2) is 3.59. The molecule has 0 radical (unpaired) electrons. The molecule has 3 atom stereocenters. The molecule has 3 heterocycles. The Labute approximate surface area is 110 Å². The quantitative estimate of drug-likeness (QED) is 0.351. The maximum atomic E-state index is 11.5. The zero-order valence-corrected chi connectivity index (χ0v) is 10.4. The molecule has 2 saturated heterocycles. The van der Waals surface area contributed by atoms with Crippen LogP contribution in [0.1, 0.15) is 7.85 Å². The molecule has 15 heavy (non-hydrogen) atoms. The van der Waals surface area contributed by atoms with E-state index in [0.717, 1.165) is 13.0 Å². The third-order valence-electron chi connectivity index (χ3n) is 3.32. The van der Waals surface area contributed by atoms with Crippen molar-refractivity contribution in [3.8, 4) is 0 Å². The largest absolute Gasteiger partial charge is 1.00 e. The fourth-order valence-electron chi connectivity index (χ4n) is 2.65. The molecule has 3 aliphatic rings. The number of carboxylic acids is 1. The summed E-state index contributed by atoms with van der Waals surface area (Å²) in [6, 6.07) is -0.0263. The normalized spacial score (nSPS) is 36.3. The first kappa shape index (κ1) is 11.1. The minimum atomic E-state index is -0.998. The van der Waals surface area contributed by atoms with E-state index in [9.17, 15) is 9.59 Å². The Bertz CT molecular complexity index is 374. The third-order valence-corrected chi connectivity index (χ3v) is 3.32. The first-order valence-electron chi connectivity index (χ1n) is 4.70. The summed E-state index contributed by atoms with van der Waals surface area (Å²) in [7, 11) is 0. The number of hydrogen-bond acceptors (Lipinski definition) is 3. The summed E-state index contributed by atoms with van der Waals surface area (Å²) in [6.45, 7) is 0.820. The maximum absolute atomic E-state index is 11.5. The van der Waals surface area contributed by atoms with Gasteiger partial charge in [-0.3, -0.25) is 9.69 Å². The van der Waals surface area contributed by atoms with Gasteiger partial charge in [0.05, 0.1) is 6.04 Å². The van der Waals surface area contributed by atoms with Crippen molar-refractivity contribution in [3.05, 3.63) is 11.8 Å². The number of amides is 1. The van der Waals surface area contributed by atoms with Crippen molar-refractivity contribution in [2.45, 2.75) is 18.5 Å². The van der Waals surface area contributed by atoms with E-state index in [1.54, 1.807) is 6.08 Å². The molecule has 1 amide bonds. The minimum absolute atomic E-state index is 0. The van der Waals surface area contributed by atoms with E-state index in [4.69, 9.17) is 5.11 Å². The van der Waals surface area contributed by atoms with Crippen LogP contribution in [0.2, 0.25) is 0 Å². The second-order valence-electron chi connectivity index (χ2n) is 3.98. The number of carboxylic acid groups (broad SMARTS) is 1. The van der Waals surface area contributed by atoms with Gasteiger partial charge in [0.1, 0.15) is 11.7 Å². The van der Waals surface area contributed by atoms with Crippen LogP contribution >= 0.6 is 0 Å². The summed E-state index contributed by atoms with van der Waals surface area (Å²) < 4.78 is 0. The van der Waals surface area contributed by atoms with Crippen molar-refractivity contribution >= 4 is 11.9 Å². The van der Waals surface area contributed by atoms with E-state index in [0.29, 0.717) is 5.92 Å². The van der Waals surface area contributed by atoms with Gasteiger partial charge in [0.2, 0.25) is 5.91 Å². The van der Waals surface area contributed by atoms with E-state index >= 15 is 0 Å². The average molecular weight is 218 g/mol. The van der Waals surface area contributed by atoms with Crippen LogP contribution in [0.5, 0.6) is 0 Å². The molecule has 0 aromatic heterocycles. The van der Waals surface area contributed by atoms with E-state index in [-0.39, 0.29) is 54.7 Å². The van der Waals surface area contributed by atoms with Gasteiger partial charge < -0.3 is 11.8 Å². The number of carbonyl (C=O) groups is 2. The van der Waals surface area contributed by atoms with Crippen molar-refractivity contribution in [1.82, 2.24) is 10.2 Å². The van der Waals surface area contributed by atoms with Crippen LogP contribution in [0, 0.1) is 5.92 Å². The van der Waals surface area contributed by atoms with Crippen molar-refractivity contribution in [2.75, 3.05) is 6.54 Å². The summed E-state index contributed by atoms with van der Waals surface area (Å²) in [5.41, 5.74) is 0.163. The number of hydrogen-bond donors (Lipinski definition) is 2. The maximum Gasteiger partial charge on any atom is 1.00 e. The van der Waals surface area contributed by atoms with Crippen LogP contribution in [0.3, 0.4) is 0 Å². The molecule has 0 spiro atoms.